The molecule has 1 aliphatic heterocycles. The summed E-state index contributed by atoms with van der Waals surface area (Å²) in [7, 11) is 0. The summed E-state index contributed by atoms with van der Waals surface area (Å²) in [5.74, 6) is 2.47. The van der Waals surface area contributed by atoms with Crippen molar-refractivity contribution in [3.8, 4) is 0 Å². The highest BCUT2D eigenvalue weighted by molar-refractivity contribution is 5.78. The van der Waals surface area contributed by atoms with Crippen molar-refractivity contribution in [3.05, 3.63) is 0 Å². The first-order chi connectivity index (χ1) is 11.5. The SMILES string of the molecule is CCCCC1CCC(C(C)=O)CC1.CCN1CCC(C(C)=O)CC1. The topological polar surface area (TPSA) is 37.4 Å². The van der Waals surface area contributed by atoms with Crippen molar-refractivity contribution >= 4 is 11.6 Å². The molecule has 1 saturated carbocycles. The van der Waals surface area contributed by atoms with E-state index in [9.17, 15) is 9.59 Å². The lowest BCUT2D eigenvalue weighted by Gasteiger charge is -2.29. The molecule has 24 heavy (non-hydrogen) atoms. The molecule has 3 heteroatoms. The highest BCUT2D eigenvalue weighted by Gasteiger charge is 2.23. The first-order valence-electron chi connectivity index (χ1n) is 10.2. The van der Waals surface area contributed by atoms with E-state index in [-0.39, 0.29) is 0 Å². The summed E-state index contributed by atoms with van der Waals surface area (Å²) in [4.78, 5) is 24.5. The Hall–Kier alpha value is -0.700. The molecule has 1 saturated heterocycles. The third-order valence-electron chi connectivity index (χ3n) is 6.00. The zero-order valence-corrected chi connectivity index (χ0v) is 16.5. The van der Waals surface area contributed by atoms with Gasteiger partial charge in [0.15, 0.2) is 0 Å². The standard InChI is InChI=1S/C12H22O.C9H17NO/c1-3-4-5-11-6-8-12(9-7-11)10(2)13;1-3-10-6-4-9(5-7-10)8(2)11/h11-12H,3-9H2,1-2H3;9H,3-7H2,1-2H3. The van der Waals surface area contributed by atoms with Crippen LogP contribution in [0.3, 0.4) is 0 Å². The Labute approximate surface area is 149 Å². The van der Waals surface area contributed by atoms with Crippen LogP contribution in [0.2, 0.25) is 0 Å². The maximum Gasteiger partial charge on any atom is 0.133 e. The molecule has 0 atom stereocenters. The van der Waals surface area contributed by atoms with Crippen LogP contribution in [0.25, 0.3) is 0 Å². The number of Topliss-reactive ketones (excluding diaryl/α,β-unsaturated/α-hetero) is 2. The van der Waals surface area contributed by atoms with Gasteiger partial charge in [-0.05, 0) is 77.9 Å². The van der Waals surface area contributed by atoms with Gasteiger partial charge < -0.3 is 4.90 Å². The summed E-state index contributed by atoms with van der Waals surface area (Å²) in [6, 6.07) is 0. The Morgan fingerprint density at radius 1 is 0.833 bits per heavy atom. The van der Waals surface area contributed by atoms with Crippen LogP contribution in [-0.4, -0.2) is 36.1 Å². The first-order valence-corrected chi connectivity index (χ1v) is 10.2. The van der Waals surface area contributed by atoms with E-state index in [0.29, 0.717) is 23.4 Å². The van der Waals surface area contributed by atoms with Crippen LogP contribution in [0.4, 0.5) is 0 Å². The molecule has 3 nitrogen and oxygen atoms in total. The van der Waals surface area contributed by atoms with Crippen LogP contribution in [0, 0.1) is 17.8 Å². The predicted octanol–water partition coefficient (Wildman–Crippen LogP) is 4.88. The number of rotatable bonds is 6. The van der Waals surface area contributed by atoms with Gasteiger partial charge >= 0.3 is 0 Å². The van der Waals surface area contributed by atoms with E-state index in [1.165, 1.54) is 32.1 Å². The first kappa shape index (κ1) is 21.3. The Balaban J connectivity index is 0.000000243. The summed E-state index contributed by atoms with van der Waals surface area (Å²) in [6.07, 6.45) is 11.1. The lowest BCUT2D eigenvalue weighted by molar-refractivity contribution is -0.122. The minimum atomic E-state index is 0.359. The van der Waals surface area contributed by atoms with E-state index in [1.807, 2.05) is 0 Å². The molecule has 0 N–H and O–H groups in total. The Bertz CT molecular complexity index is 364. The Morgan fingerprint density at radius 3 is 1.75 bits per heavy atom. The number of nitrogens with zero attached hydrogens (tertiary/aromatic N) is 1. The molecule has 1 heterocycles. The fraction of sp³-hybridized carbons (Fsp3) is 0.905. The van der Waals surface area contributed by atoms with E-state index in [2.05, 4.69) is 18.7 Å². The van der Waals surface area contributed by atoms with Crippen LogP contribution in [-0.2, 0) is 9.59 Å². The summed E-state index contributed by atoms with van der Waals surface area (Å²) >= 11 is 0. The maximum atomic E-state index is 11.1. The average molecular weight is 338 g/mol. The molecular weight excluding hydrogens is 298 g/mol. The van der Waals surface area contributed by atoms with Gasteiger partial charge in [-0.2, -0.15) is 0 Å². The number of carbonyl (C=O) groups excluding carboxylic acids is 2. The van der Waals surface area contributed by atoms with E-state index in [0.717, 1.165) is 51.2 Å². The molecule has 2 fully saturated rings. The minimum Gasteiger partial charge on any atom is -0.304 e. The molecule has 0 aromatic carbocycles. The fourth-order valence-electron chi connectivity index (χ4n) is 4.01. The van der Waals surface area contributed by atoms with Gasteiger partial charge in [0.25, 0.3) is 0 Å². The van der Waals surface area contributed by atoms with E-state index >= 15 is 0 Å². The van der Waals surface area contributed by atoms with Gasteiger partial charge in [-0.25, -0.2) is 0 Å². The van der Waals surface area contributed by atoms with Crippen molar-refractivity contribution in [2.75, 3.05) is 19.6 Å². The van der Waals surface area contributed by atoms with Crippen LogP contribution < -0.4 is 0 Å². The van der Waals surface area contributed by atoms with Gasteiger partial charge in [0.05, 0.1) is 0 Å². The molecule has 1 aliphatic carbocycles. The second kappa shape index (κ2) is 11.8. The third-order valence-corrected chi connectivity index (χ3v) is 6.00. The van der Waals surface area contributed by atoms with Gasteiger partial charge in [-0.3, -0.25) is 9.59 Å². The van der Waals surface area contributed by atoms with E-state index in [1.54, 1.807) is 13.8 Å². The number of ketones is 2. The summed E-state index contributed by atoms with van der Waals surface area (Å²) in [5.41, 5.74) is 0. The lowest BCUT2D eigenvalue weighted by atomic mass is 9.78. The molecular formula is C21H39NO2. The molecule has 0 aromatic heterocycles. The number of piperidine rings is 1. The molecule has 0 unspecified atom stereocenters. The Morgan fingerprint density at radius 2 is 1.33 bits per heavy atom. The van der Waals surface area contributed by atoms with Crippen molar-refractivity contribution < 1.29 is 9.59 Å². The Kier molecular flexibility index (Phi) is 10.5. The van der Waals surface area contributed by atoms with Gasteiger partial charge in [0.2, 0.25) is 0 Å². The molecule has 0 bridgehead atoms. The van der Waals surface area contributed by atoms with Gasteiger partial charge in [0.1, 0.15) is 11.6 Å². The number of likely N-dealkylation sites (tertiary alicyclic amines) is 1. The summed E-state index contributed by atoms with van der Waals surface area (Å²) in [5, 5.41) is 0. The van der Waals surface area contributed by atoms with Crippen molar-refractivity contribution in [1.82, 2.24) is 4.90 Å². The number of unbranched alkanes of at least 4 members (excludes halogenated alkanes) is 1. The smallest absolute Gasteiger partial charge is 0.133 e. The molecule has 0 spiro atoms. The van der Waals surface area contributed by atoms with Crippen molar-refractivity contribution in [1.29, 1.82) is 0 Å². The minimum absolute atomic E-state index is 0.359. The zero-order valence-electron chi connectivity index (χ0n) is 16.5. The molecule has 2 rings (SSSR count). The zero-order chi connectivity index (χ0) is 17.9. The third kappa shape index (κ3) is 7.92. The second-order valence-electron chi connectivity index (χ2n) is 7.79. The van der Waals surface area contributed by atoms with Gasteiger partial charge in [-0.1, -0.05) is 33.1 Å². The highest BCUT2D eigenvalue weighted by atomic mass is 16.1. The molecule has 0 aromatic rings. The summed E-state index contributed by atoms with van der Waals surface area (Å²) < 4.78 is 0. The van der Waals surface area contributed by atoms with E-state index in [4.69, 9.17) is 0 Å². The number of hydrogen-bond acceptors (Lipinski definition) is 3. The van der Waals surface area contributed by atoms with E-state index < -0.39 is 0 Å². The quantitative estimate of drug-likeness (QED) is 0.693. The fourth-order valence-corrected chi connectivity index (χ4v) is 4.01. The predicted molar refractivity (Wildman–Crippen MR) is 101 cm³/mol. The number of hydrogen-bond donors (Lipinski definition) is 0. The average Bonchev–Trinajstić information content (AvgIpc) is 2.61. The molecule has 2 aliphatic rings. The maximum absolute atomic E-state index is 11.1. The van der Waals surface area contributed by atoms with Crippen molar-refractivity contribution in [2.45, 2.75) is 85.5 Å². The van der Waals surface area contributed by atoms with Gasteiger partial charge in [0, 0.05) is 11.8 Å². The molecule has 0 radical (unpaired) electrons. The normalized spacial score (nSPS) is 25.7. The lowest BCUT2D eigenvalue weighted by Crippen LogP contribution is -2.35. The van der Waals surface area contributed by atoms with Crippen molar-refractivity contribution in [2.24, 2.45) is 17.8 Å². The van der Waals surface area contributed by atoms with Crippen LogP contribution in [0.15, 0.2) is 0 Å². The van der Waals surface area contributed by atoms with Gasteiger partial charge in [-0.15, -0.1) is 0 Å². The number of carbonyl (C=O) groups is 2. The second-order valence-corrected chi connectivity index (χ2v) is 7.79. The monoisotopic (exact) mass is 337 g/mol. The van der Waals surface area contributed by atoms with Crippen LogP contribution in [0.1, 0.15) is 85.5 Å². The van der Waals surface area contributed by atoms with Crippen LogP contribution in [0.5, 0.6) is 0 Å². The molecule has 140 valence electrons. The largest absolute Gasteiger partial charge is 0.304 e. The summed E-state index contributed by atoms with van der Waals surface area (Å²) in [6.45, 7) is 11.2. The van der Waals surface area contributed by atoms with Crippen LogP contribution >= 0.6 is 0 Å². The highest BCUT2D eigenvalue weighted by Crippen LogP contribution is 2.32. The molecule has 0 amide bonds. The van der Waals surface area contributed by atoms with Crippen molar-refractivity contribution in [3.63, 3.8) is 0 Å².